The molecular formula is C17H12F3NO. The Labute approximate surface area is 125 Å². The first-order valence-electron chi connectivity index (χ1n) is 7.01. The minimum absolute atomic E-state index is 0.198. The molecule has 1 fully saturated rings. The average Bonchev–Trinajstić information content (AvgIpc) is 3.16. The second-order valence-electron chi connectivity index (χ2n) is 5.81. The number of halogens is 3. The van der Waals surface area contributed by atoms with Crippen molar-refractivity contribution in [3.8, 4) is 0 Å². The number of hydrogen-bond acceptors (Lipinski definition) is 1. The Balaban J connectivity index is 1.82. The minimum Gasteiger partial charge on any atom is -0.325 e. The summed E-state index contributed by atoms with van der Waals surface area (Å²) in [5.41, 5.74) is 0.246. The molecule has 112 valence electrons. The summed E-state index contributed by atoms with van der Waals surface area (Å²) < 4.78 is 39.6. The Bertz CT molecular complexity index is 783. The fourth-order valence-electron chi connectivity index (χ4n) is 3.58. The molecule has 1 heterocycles. The summed E-state index contributed by atoms with van der Waals surface area (Å²) in [6.07, 6.45) is -3.99. The molecule has 2 aromatic rings. The fraction of sp³-hybridized carbons (Fsp3) is 0.235. The highest BCUT2D eigenvalue weighted by Crippen LogP contribution is 2.65. The van der Waals surface area contributed by atoms with Gasteiger partial charge in [-0.05, 0) is 29.7 Å². The van der Waals surface area contributed by atoms with Crippen molar-refractivity contribution in [2.75, 3.05) is 5.32 Å². The number of fused-ring (bicyclic) bond motifs is 2. The molecule has 2 nitrogen and oxygen atoms in total. The van der Waals surface area contributed by atoms with Crippen LogP contribution in [0.5, 0.6) is 0 Å². The number of carbonyl (C=O) groups is 1. The molecule has 2 unspecified atom stereocenters. The van der Waals surface area contributed by atoms with Crippen molar-refractivity contribution < 1.29 is 18.0 Å². The van der Waals surface area contributed by atoms with Gasteiger partial charge in [0.2, 0.25) is 5.91 Å². The highest BCUT2D eigenvalue weighted by molar-refractivity contribution is 6.09. The van der Waals surface area contributed by atoms with Gasteiger partial charge in [0, 0.05) is 11.6 Å². The molecule has 0 saturated heterocycles. The summed E-state index contributed by atoms with van der Waals surface area (Å²) in [7, 11) is 0. The van der Waals surface area contributed by atoms with E-state index in [2.05, 4.69) is 5.32 Å². The molecule has 2 aromatic carbocycles. The predicted octanol–water partition coefficient (Wildman–Crippen LogP) is 4.08. The smallest absolute Gasteiger partial charge is 0.325 e. The third kappa shape index (κ3) is 1.65. The van der Waals surface area contributed by atoms with Crippen LogP contribution in [-0.2, 0) is 16.4 Å². The van der Waals surface area contributed by atoms with Crippen molar-refractivity contribution in [2.24, 2.45) is 0 Å². The summed E-state index contributed by atoms with van der Waals surface area (Å²) in [5, 5.41) is 2.79. The predicted molar refractivity (Wildman–Crippen MR) is 75.6 cm³/mol. The maximum absolute atomic E-state index is 13.2. The van der Waals surface area contributed by atoms with E-state index in [-0.39, 0.29) is 11.5 Å². The van der Waals surface area contributed by atoms with Crippen LogP contribution in [0.1, 0.15) is 29.0 Å². The zero-order valence-electron chi connectivity index (χ0n) is 11.4. The molecule has 1 saturated carbocycles. The summed E-state index contributed by atoms with van der Waals surface area (Å²) in [5.74, 6) is -0.621. The third-order valence-corrected chi connectivity index (χ3v) is 4.66. The largest absolute Gasteiger partial charge is 0.416 e. The first-order chi connectivity index (χ1) is 10.4. The van der Waals surface area contributed by atoms with Crippen molar-refractivity contribution in [3.63, 3.8) is 0 Å². The van der Waals surface area contributed by atoms with Gasteiger partial charge in [0.05, 0.1) is 11.0 Å². The van der Waals surface area contributed by atoms with Crippen LogP contribution in [-0.4, -0.2) is 5.91 Å². The molecule has 22 heavy (non-hydrogen) atoms. The summed E-state index contributed by atoms with van der Waals surface area (Å²) in [6.45, 7) is 0. The Kier molecular flexibility index (Phi) is 2.50. The first-order valence-corrected chi connectivity index (χ1v) is 7.01. The number of amides is 1. The molecule has 2 aliphatic rings. The second-order valence-corrected chi connectivity index (χ2v) is 5.81. The van der Waals surface area contributed by atoms with Gasteiger partial charge in [-0.3, -0.25) is 4.79 Å². The lowest BCUT2D eigenvalue weighted by Gasteiger charge is -2.14. The quantitative estimate of drug-likeness (QED) is 0.845. The zero-order valence-corrected chi connectivity index (χ0v) is 11.4. The molecule has 1 aliphatic heterocycles. The van der Waals surface area contributed by atoms with Crippen molar-refractivity contribution in [2.45, 2.75) is 23.9 Å². The molecule has 1 amide bonds. The number of hydrogen-bond donors (Lipinski definition) is 1. The van der Waals surface area contributed by atoms with Crippen LogP contribution in [0.3, 0.4) is 0 Å². The normalized spacial score (nSPS) is 26.0. The van der Waals surface area contributed by atoms with Crippen LogP contribution < -0.4 is 5.32 Å². The van der Waals surface area contributed by atoms with E-state index in [1.807, 2.05) is 12.1 Å². The SMILES string of the molecule is O=C1Nc2ccccc2C12CC2c1ccccc1C(F)(F)F. The number of carbonyl (C=O) groups excluding carboxylic acids is 1. The van der Waals surface area contributed by atoms with Gasteiger partial charge in [-0.2, -0.15) is 13.2 Å². The Morgan fingerprint density at radius 2 is 1.73 bits per heavy atom. The second kappa shape index (κ2) is 4.12. The number of nitrogens with one attached hydrogen (secondary N) is 1. The van der Waals surface area contributed by atoms with E-state index in [0.717, 1.165) is 11.6 Å². The van der Waals surface area contributed by atoms with E-state index in [0.29, 0.717) is 12.1 Å². The van der Waals surface area contributed by atoms with Crippen LogP contribution in [0.4, 0.5) is 18.9 Å². The maximum Gasteiger partial charge on any atom is 0.416 e. The maximum atomic E-state index is 13.2. The van der Waals surface area contributed by atoms with E-state index >= 15 is 0 Å². The van der Waals surface area contributed by atoms with Crippen LogP contribution in [0.25, 0.3) is 0 Å². The van der Waals surface area contributed by atoms with Gasteiger partial charge in [-0.25, -0.2) is 0 Å². The lowest BCUT2D eigenvalue weighted by atomic mass is 9.90. The van der Waals surface area contributed by atoms with E-state index < -0.39 is 23.1 Å². The number of benzene rings is 2. The molecule has 1 N–H and O–H groups in total. The van der Waals surface area contributed by atoms with Gasteiger partial charge < -0.3 is 5.32 Å². The molecule has 4 rings (SSSR count). The lowest BCUT2D eigenvalue weighted by molar-refractivity contribution is -0.138. The van der Waals surface area contributed by atoms with E-state index in [1.165, 1.54) is 12.1 Å². The van der Waals surface area contributed by atoms with E-state index in [9.17, 15) is 18.0 Å². The molecule has 5 heteroatoms. The van der Waals surface area contributed by atoms with Crippen molar-refractivity contribution >= 4 is 11.6 Å². The molecule has 1 aliphatic carbocycles. The molecule has 1 spiro atoms. The lowest BCUT2D eigenvalue weighted by Crippen LogP contribution is -2.21. The van der Waals surface area contributed by atoms with Gasteiger partial charge in [0.25, 0.3) is 0 Å². The molecule has 2 atom stereocenters. The highest BCUT2D eigenvalue weighted by atomic mass is 19.4. The minimum atomic E-state index is -4.41. The van der Waals surface area contributed by atoms with Gasteiger partial charge in [-0.1, -0.05) is 36.4 Å². The van der Waals surface area contributed by atoms with E-state index in [1.54, 1.807) is 18.2 Å². The summed E-state index contributed by atoms with van der Waals surface area (Å²) in [6, 6.07) is 12.8. The van der Waals surface area contributed by atoms with Crippen LogP contribution in [0.2, 0.25) is 0 Å². The zero-order chi connectivity index (χ0) is 15.5. The molecular weight excluding hydrogens is 291 g/mol. The highest BCUT2D eigenvalue weighted by Gasteiger charge is 2.66. The summed E-state index contributed by atoms with van der Waals surface area (Å²) >= 11 is 0. The van der Waals surface area contributed by atoms with Gasteiger partial charge in [0.15, 0.2) is 0 Å². The summed E-state index contributed by atoms with van der Waals surface area (Å²) in [4.78, 5) is 12.4. The topological polar surface area (TPSA) is 29.1 Å². The standard InChI is InChI=1S/C17H12F3NO/c18-17(19,20)11-6-2-1-5-10(11)13-9-16(13)12-7-3-4-8-14(12)21-15(16)22/h1-8,13H,9H2,(H,21,22). The Morgan fingerprint density at radius 3 is 2.50 bits per heavy atom. The number of anilines is 1. The van der Waals surface area contributed by atoms with Crippen LogP contribution in [0.15, 0.2) is 48.5 Å². The van der Waals surface area contributed by atoms with Gasteiger partial charge >= 0.3 is 6.18 Å². The van der Waals surface area contributed by atoms with Crippen molar-refractivity contribution in [1.82, 2.24) is 0 Å². The van der Waals surface area contributed by atoms with E-state index in [4.69, 9.17) is 0 Å². The fourth-order valence-corrected chi connectivity index (χ4v) is 3.58. The average molecular weight is 303 g/mol. The van der Waals surface area contributed by atoms with Crippen molar-refractivity contribution in [1.29, 1.82) is 0 Å². The number of alkyl halides is 3. The molecule has 0 bridgehead atoms. The number of para-hydroxylation sites is 1. The first kappa shape index (κ1) is 13.4. The number of rotatable bonds is 1. The molecule has 0 aromatic heterocycles. The van der Waals surface area contributed by atoms with Gasteiger partial charge in [0.1, 0.15) is 0 Å². The third-order valence-electron chi connectivity index (χ3n) is 4.66. The van der Waals surface area contributed by atoms with Crippen LogP contribution in [0, 0.1) is 0 Å². The van der Waals surface area contributed by atoms with Gasteiger partial charge in [-0.15, -0.1) is 0 Å². The van der Waals surface area contributed by atoms with Crippen LogP contribution >= 0.6 is 0 Å². The Morgan fingerprint density at radius 1 is 1.05 bits per heavy atom. The monoisotopic (exact) mass is 303 g/mol. The van der Waals surface area contributed by atoms with Crippen molar-refractivity contribution in [3.05, 3.63) is 65.2 Å². The molecule has 0 radical (unpaired) electrons. The Hall–Kier alpha value is -2.30.